The Kier molecular flexibility index (Phi) is 8.46. The van der Waals surface area contributed by atoms with Gasteiger partial charge in [-0.15, -0.1) is 0 Å². The SMILES string of the molecule is CC(C)C[C@@H](NC(=O)[C@@H]1CCCN1C(=O)CN)C(=O)N[C@H](C)C(=O)NO. The van der Waals surface area contributed by atoms with Crippen LogP contribution in [0.2, 0.25) is 0 Å². The smallest absolute Gasteiger partial charge is 0.265 e. The summed E-state index contributed by atoms with van der Waals surface area (Å²) < 4.78 is 0. The van der Waals surface area contributed by atoms with E-state index in [0.29, 0.717) is 25.8 Å². The van der Waals surface area contributed by atoms with E-state index in [1.165, 1.54) is 17.3 Å². The van der Waals surface area contributed by atoms with Crippen molar-refractivity contribution in [2.75, 3.05) is 13.1 Å². The zero-order chi connectivity index (χ0) is 19.9. The van der Waals surface area contributed by atoms with Gasteiger partial charge < -0.3 is 21.3 Å². The summed E-state index contributed by atoms with van der Waals surface area (Å²) in [5.41, 5.74) is 6.84. The van der Waals surface area contributed by atoms with Crippen LogP contribution in [0.4, 0.5) is 0 Å². The molecule has 3 atom stereocenters. The molecule has 1 heterocycles. The van der Waals surface area contributed by atoms with Crippen LogP contribution in [-0.2, 0) is 19.2 Å². The summed E-state index contributed by atoms with van der Waals surface area (Å²) in [6.45, 7) is 5.50. The van der Waals surface area contributed by atoms with Crippen molar-refractivity contribution in [3.63, 3.8) is 0 Å². The highest BCUT2D eigenvalue weighted by molar-refractivity contribution is 5.94. The topological polar surface area (TPSA) is 154 Å². The Morgan fingerprint density at radius 3 is 2.35 bits per heavy atom. The molecule has 10 nitrogen and oxygen atoms in total. The van der Waals surface area contributed by atoms with Crippen molar-refractivity contribution in [1.29, 1.82) is 0 Å². The fourth-order valence-corrected chi connectivity index (χ4v) is 2.90. The minimum Gasteiger partial charge on any atom is -0.343 e. The summed E-state index contributed by atoms with van der Waals surface area (Å²) in [5, 5.41) is 13.8. The second kappa shape index (κ2) is 10.1. The molecule has 0 aromatic heterocycles. The Bertz CT molecular complexity index is 539. The van der Waals surface area contributed by atoms with Gasteiger partial charge in [-0.05, 0) is 32.1 Å². The highest BCUT2D eigenvalue weighted by Gasteiger charge is 2.35. The minimum atomic E-state index is -0.958. The molecule has 1 aliphatic heterocycles. The molecule has 0 bridgehead atoms. The quantitative estimate of drug-likeness (QED) is 0.258. The van der Waals surface area contributed by atoms with Crippen molar-refractivity contribution in [2.45, 2.75) is 58.2 Å². The number of nitrogens with zero attached hydrogens (tertiary/aromatic N) is 1. The van der Waals surface area contributed by atoms with E-state index >= 15 is 0 Å². The summed E-state index contributed by atoms with van der Waals surface area (Å²) >= 11 is 0. The zero-order valence-corrected chi connectivity index (χ0v) is 15.4. The van der Waals surface area contributed by atoms with Crippen LogP contribution in [0.1, 0.15) is 40.0 Å². The van der Waals surface area contributed by atoms with Crippen molar-refractivity contribution >= 4 is 23.6 Å². The number of hydrogen-bond acceptors (Lipinski definition) is 6. The van der Waals surface area contributed by atoms with Crippen LogP contribution in [0.15, 0.2) is 0 Å². The molecule has 0 saturated carbocycles. The first kappa shape index (κ1) is 21.8. The molecule has 0 aromatic carbocycles. The lowest BCUT2D eigenvalue weighted by Crippen LogP contribution is -2.56. The van der Waals surface area contributed by atoms with Gasteiger partial charge in [0, 0.05) is 6.54 Å². The first-order valence-electron chi connectivity index (χ1n) is 8.75. The number of rotatable bonds is 8. The van der Waals surface area contributed by atoms with Crippen LogP contribution < -0.4 is 21.8 Å². The predicted octanol–water partition coefficient (Wildman–Crippen LogP) is -1.52. The molecule has 26 heavy (non-hydrogen) atoms. The fourth-order valence-electron chi connectivity index (χ4n) is 2.90. The molecule has 0 aliphatic carbocycles. The number of amides is 4. The molecule has 0 spiro atoms. The maximum absolute atomic E-state index is 12.6. The highest BCUT2D eigenvalue weighted by Crippen LogP contribution is 2.18. The third-order valence-electron chi connectivity index (χ3n) is 4.25. The third kappa shape index (κ3) is 5.95. The van der Waals surface area contributed by atoms with Crippen LogP contribution in [-0.4, -0.2) is 65.0 Å². The van der Waals surface area contributed by atoms with Gasteiger partial charge in [-0.25, -0.2) is 5.48 Å². The number of carbonyl (C=O) groups is 4. The summed E-state index contributed by atoms with van der Waals surface area (Å²) in [6, 6.07) is -2.46. The molecule has 0 aromatic rings. The maximum Gasteiger partial charge on any atom is 0.265 e. The molecule has 148 valence electrons. The molecule has 4 amide bonds. The summed E-state index contributed by atoms with van der Waals surface area (Å²) in [5.74, 6) is -1.90. The Morgan fingerprint density at radius 1 is 1.15 bits per heavy atom. The fraction of sp³-hybridized carbons (Fsp3) is 0.750. The molecule has 0 unspecified atom stereocenters. The zero-order valence-electron chi connectivity index (χ0n) is 15.4. The summed E-state index contributed by atoms with van der Waals surface area (Å²) in [4.78, 5) is 49.7. The lowest BCUT2D eigenvalue weighted by atomic mass is 10.0. The normalized spacial score (nSPS) is 19.0. The Balaban J connectivity index is 2.80. The third-order valence-corrected chi connectivity index (χ3v) is 4.25. The van der Waals surface area contributed by atoms with Gasteiger partial charge in [0.1, 0.15) is 18.1 Å². The number of nitrogens with one attached hydrogen (secondary N) is 3. The monoisotopic (exact) mass is 371 g/mol. The van der Waals surface area contributed by atoms with E-state index in [1.807, 2.05) is 13.8 Å². The first-order chi connectivity index (χ1) is 12.2. The van der Waals surface area contributed by atoms with E-state index in [9.17, 15) is 19.2 Å². The predicted molar refractivity (Wildman–Crippen MR) is 92.7 cm³/mol. The van der Waals surface area contributed by atoms with Crippen molar-refractivity contribution in [3.05, 3.63) is 0 Å². The standard InChI is InChI=1S/C16H29N5O5/c1-9(2)7-11(15(24)18-10(3)14(23)20-26)19-16(25)12-5-4-6-21(12)13(22)8-17/h9-12,26H,4-8,17H2,1-3H3,(H,18,24)(H,19,25)(H,20,23)/t10-,11-,12+/m1/s1. The number of hydroxylamine groups is 1. The van der Waals surface area contributed by atoms with E-state index in [4.69, 9.17) is 10.9 Å². The van der Waals surface area contributed by atoms with Crippen molar-refractivity contribution < 1.29 is 24.4 Å². The second-order valence-corrected chi connectivity index (χ2v) is 6.85. The van der Waals surface area contributed by atoms with Crippen LogP contribution in [0.25, 0.3) is 0 Å². The maximum atomic E-state index is 12.6. The average molecular weight is 371 g/mol. The Labute approximate surface area is 152 Å². The van der Waals surface area contributed by atoms with Crippen LogP contribution in [0, 0.1) is 5.92 Å². The van der Waals surface area contributed by atoms with Gasteiger partial charge in [0.05, 0.1) is 6.54 Å². The van der Waals surface area contributed by atoms with Crippen LogP contribution in [0.5, 0.6) is 0 Å². The van der Waals surface area contributed by atoms with Gasteiger partial charge >= 0.3 is 0 Å². The van der Waals surface area contributed by atoms with Gasteiger partial charge in [0.2, 0.25) is 17.7 Å². The largest absolute Gasteiger partial charge is 0.343 e. The van der Waals surface area contributed by atoms with Gasteiger partial charge in [0.25, 0.3) is 5.91 Å². The van der Waals surface area contributed by atoms with E-state index in [-0.39, 0.29) is 18.4 Å². The Hall–Kier alpha value is -2.20. The number of likely N-dealkylation sites (tertiary alicyclic amines) is 1. The molecule has 6 N–H and O–H groups in total. The molecule has 0 radical (unpaired) electrons. The molecule has 1 aliphatic rings. The second-order valence-electron chi connectivity index (χ2n) is 6.85. The van der Waals surface area contributed by atoms with Gasteiger partial charge in [-0.3, -0.25) is 24.4 Å². The number of carbonyl (C=O) groups excluding carboxylic acids is 4. The highest BCUT2D eigenvalue weighted by atomic mass is 16.5. The van der Waals surface area contributed by atoms with Gasteiger partial charge in [-0.1, -0.05) is 13.8 Å². The van der Waals surface area contributed by atoms with Crippen LogP contribution >= 0.6 is 0 Å². The summed E-state index contributed by atoms with van der Waals surface area (Å²) in [6.07, 6.45) is 1.57. The molecular formula is C16H29N5O5. The molecule has 1 fully saturated rings. The first-order valence-corrected chi connectivity index (χ1v) is 8.75. The van der Waals surface area contributed by atoms with E-state index < -0.39 is 35.8 Å². The minimum absolute atomic E-state index is 0.110. The molecular weight excluding hydrogens is 342 g/mol. The average Bonchev–Trinajstić information content (AvgIpc) is 3.08. The lowest BCUT2D eigenvalue weighted by Gasteiger charge is -2.27. The summed E-state index contributed by atoms with van der Waals surface area (Å²) in [7, 11) is 0. The van der Waals surface area contributed by atoms with Crippen molar-refractivity contribution in [1.82, 2.24) is 21.0 Å². The van der Waals surface area contributed by atoms with Crippen molar-refractivity contribution in [3.8, 4) is 0 Å². The molecule has 1 saturated heterocycles. The van der Waals surface area contributed by atoms with E-state index in [1.54, 1.807) is 0 Å². The molecule has 1 rings (SSSR count). The van der Waals surface area contributed by atoms with E-state index in [0.717, 1.165) is 0 Å². The lowest BCUT2D eigenvalue weighted by molar-refractivity contribution is -0.139. The number of hydrogen-bond donors (Lipinski definition) is 5. The van der Waals surface area contributed by atoms with Crippen molar-refractivity contribution in [2.24, 2.45) is 11.7 Å². The van der Waals surface area contributed by atoms with E-state index in [2.05, 4.69) is 10.6 Å². The Morgan fingerprint density at radius 2 is 1.81 bits per heavy atom. The number of nitrogens with two attached hydrogens (primary N) is 1. The molecule has 10 heteroatoms. The van der Waals surface area contributed by atoms with Gasteiger partial charge in [-0.2, -0.15) is 0 Å². The van der Waals surface area contributed by atoms with Crippen LogP contribution in [0.3, 0.4) is 0 Å². The van der Waals surface area contributed by atoms with Gasteiger partial charge in [0.15, 0.2) is 0 Å².